The average Bonchev–Trinajstić information content (AvgIpc) is 2.67. The van der Waals surface area contributed by atoms with Gasteiger partial charge in [0.15, 0.2) is 0 Å². The molecule has 0 saturated heterocycles. The second kappa shape index (κ2) is 9.15. The number of halogens is 3. The zero-order chi connectivity index (χ0) is 21.7. The van der Waals surface area contributed by atoms with Crippen molar-refractivity contribution in [2.75, 3.05) is 10.6 Å². The second-order valence-corrected chi connectivity index (χ2v) is 7.55. The molecule has 2 N–H and O–H groups in total. The molecule has 0 spiro atoms. The summed E-state index contributed by atoms with van der Waals surface area (Å²) in [4.78, 5) is 7.97. The lowest BCUT2D eigenvalue weighted by Gasteiger charge is -2.15. The van der Waals surface area contributed by atoms with E-state index in [0.717, 1.165) is 30.2 Å². The minimum absolute atomic E-state index is 0.0908. The predicted molar refractivity (Wildman–Crippen MR) is 114 cm³/mol. The van der Waals surface area contributed by atoms with Gasteiger partial charge in [0, 0.05) is 17.6 Å². The van der Waals surface area contributed by atoms with Crippen LogP contribution in [-0.2, 0) is 19.0 Å². The lowest BCUT2D eigenvalue weighted by atomic mass is 10.0. The van der Waals surface area contributed by atoms with Crippen LogP contribution < -0.4 is 10.6 Å². The van der Waals surface area contributed by atoms with Gasteiger partial charge >= 0.3 is 6.18 Å². The number of nitrogens with zero attached hydrogens (tertiary/aromatic N) is 2. The van der Waals surface area contributed by atoms with Gasteiger partial charge in [-0.15, -0.1) is 0 Å². The molecule has 4 nitrogen and oxygen atoms in total. The zero-order valence-electron chi connectivity index (χ0n) is 17.2. The minimum Gasteiger partial charge on any atom is -0.340 e. The van der Waals surface area contributed by atoms with Gasteiger partial charge in [0.25, 0.3) is 0 Å². The maximum atomic E-state index is 13.5. The smallest absolute Gasteiger partial charge is 0.340 e. The highest BCUT2D eigenvalue weighted by Gasteiger charge is 2.35. The number of anilines is 4. The third kappa shape index (κ3) is 5.72. The summed E-state index contributed by atoms with van der Waals surface area (Å²) in [7, 11) is 0. The molecule has 0 aliphatic carbocycles. The van der Waals surface area contributed by atoms with Gasteiger partial charge in [0.05, 0.1) is 0 Å². The molecule has 0 radical (unpaired) electrons. The monoisotopic (exact) mass is 414 g/mol. The summed E-state index contributed by atoms with van der Waals surface area (Å²) >= 11 is 0. The van der Waals surface area contributed by atoms with E-state index in [0.29, 0.717) is 17.3 Å². The van der Waals surface area contributed by atoms with Crippen molar-refractivity contribution in [1.29, 1.82) is 0 Å². The van der Waals surface area contributed by atoms with Crippen molar-refractivity contribution in [2.45, 2.75) is 39.8 Å². The lowest BCUT2D eigenvalue weighted by Crippen LogP contribution is -2.12. The van der Waals surface area contributed by atoms with Crippen molar-refractivity contribution in [3.05, 3.63) is 71.4 Å². The summed E-state index contributed by atoms with van der Waals surface area (Å²) < 4.78 is 40.5. The van der Waals surface area contributed by atoms with E-state index in [2.05, 4.69) is 41.4 Å². The first kappa shape index (κ1) is 21.6. The quantitative estimate of drug-likeness (QED) is 0.449. The Morgan fingerprint density at radius 3 is 2.30 bits per heavy atom. The average molecular weight is 414 g/mol. The summed E-state index contributed by atoms with van der Waals surface area (Å²) in [5, 5.41) is 5.79. The molecule has 1 aromatic heterocycles. The van der Waals surface area contributed by atoms with E-state index in [9.17, 15) is 13.2 Å². The van der Waals surface area contributed by atoms with Crippen LogP contribution in [0.3, 0.4) is 0 Å². The molecule has 2 aromatic carbocycles. The van der Waals surface area contributed by atoms with Gasteiger partial charge in [-0.05, 0) is 54.2 Å². The van der Waals surface area contributed by atoms with Gasteiger partial charge in [-0.2, -0.15) is 18.2 Å². The van der Waals surface area contributed by atoms with Crippen molar-refractivity contribution >= 4 is 23.1 Å². The molecule has 3 rings (SSSR count). The predicted octanol–water partition coefficient (Wildman–Crippen LogP) is 6.74. The molecular formula is C23H25F3N4. The second-order valence-electron chi connectivity index (χ2n) is 7.55. The Balaban J connectivity index is 1.89. The van der Waals surface area contributed by atoms with Gasteiger partial charge in [0.1, 0.15) is 11.4 Å². The first-order valence-corrected chi connectivity index (χ1v) is 9.90. The van der Waals surface area contributed by atoms with Crippen LogP contribution in [0.1, 0.15) is 37.5 Å². The van der Waals surface area contributed by atoms with Crippen LogP contribution >= 0.6 is 0 Å². The van der Waals surface area contributed by atoms with Crippen molar-refractivity contribution in [3.8, 4) is 0 Å². The normalized spacial score (nSPS) is 11.6. The molecule has 0 bridgehead atoms. The fourth-order valence-corrected chi connectivity index (χ4v) is 3.08. The van der Waals surface area contributed by atoms with Crippen LogP contribution in [0.2, 0.25) is 0 Å². The van der Waals surface area contributed by atoms with E-state index in [-0.39, 0.29) is 11.8 Å². The highest BCUT2D eigenvalue weighted by Crippen LogP contribution is 2.35. The lowest BCUT2D eigenvalue weighted by molar-refractivity contribution is -0.137. The van der Waals surface area contributed by atoms with E-state index >= 15 is 0 Å². The van der Waals surface area contributed by atoms with Gasteiger partial charge < -0.3 is 10.6 Å². The summed E-state index contributed by atoms with van der Waals surface area (Å²) in [5.41, 5.74) is 2.56. The zero-order valence-corrected chi connectivity index (χ0v) is 17.2. The van der Waals surface area contributed by atoms with Gasteiger partial charge in [-0.1, -0.05) is 45.0 Å². The summed E-state index contributed by atoms with van der Waals surface area (Å²) in [5.74, 6) is 0.250. The maximum Gasteiger partial charge on any atom is 0.421 e. The van der Waals surface area contributed by atoms with Gasteiger partial charge in [-0.3, -0.25) is 0 Å². The van der Waals surface area contributed by atoms with Crippen molar-refractivity contribution < 1.29 is 13.2 Å². The summed E-state index contributed by atoms with van der Waals surface area (Å²) in [6.45, 7) is 6.24. The number of nitrogens with one attached hydrogen (secondary N) is 2. The van der Waals surface area contributed by atoms with Crippen LogP contribution in [0.4, 0.5) is 36.3 Å². The van der Waals surface area contributed by atoms with Crippen molar-refractivity contribution in [1.82, 2.24) is 9.97 Å². The number of aryl methyl sites for hydroxylation is 1. The minimum atomic E-state index is -4.57. The Bertz CT molecular complexity index is 982. The van der Waals surface area contributed by atoms with Crippen LogP contribution in [0, 0.1) is 5.92 Å². The Morgan fingerprint density at radius 2 is 1.67 bits per heavy atom. The number of aromatic nitrogens is 2. The molecule has 0 atom stereocenters. The third-order valence-electron chi connectivity index (χ3n) is 4.55. The van der Waals surface area contributed by atoms with Gasteiger partial charge in [0.2, 0.25) is 5.95 Å². The number of rotatable bonds is 7. The number of hydrogen-bond acceptors (Lipinski definition) is 4. The molecule has 3 aromatic rings. The van der Waals surface area contributed by atoms with Crippen molar-refractivity contribution in [3.63, 3.8) is 0 Å². The van der Waals surface area contributed by atoms with Gasteiger partial charge in [-0.25, -0.2) is 4.98 Å². The molecule has 30 heavy (non-hydrogen) atoms. The van der Waals surface area contributed by atoms with E-state index in [1.807, 2.05) is 42.5 Å². The fraction of sp³-hybridized carbons (Fsp3) is 0.304. The summed E-state index contributed by atoms with van der Waals surface area (Å²) in [6.07, 6.45) is -2.03. The number of alkyl halides is 3. The van der Waals surface area contributed by atoms with Crippen molar-refractivity contribution in [2.24, 2.45) is 5.92 Å². The van der Waals surface area contributed by atoms with Crippen LogP contribution in [0.15, 0.2) is 54.7 Å². The molecule has 0 aliphatic rings. The number of hydrogen-bond donors (Lipinski definition) is 2. The SMILES string of the molecule is CCc1ccc(Nc2ncc(C(F)(F)F)c(Nc3cccc(CC(C)C)c3)n2)cc1. The Hall–Kier alpha value is -3.09. The molecule has 0 fully saturated rings. The standard InChI is InChI=1S/C23H25F3N4/c1-4-16-8-10-18(11-9-16)29-22-27-14-20(23(24,25)26)21(30-22)28-19-7-5-6-17(13-19)12-15(2)3/h5-11,13-15H,4,12H2,1-3H3,(H2,27,28,29,30). The molecule has 0 unspecified atom stereocenters. The number of benzene rings is 2. The van der Waals surface area contributed by atoms with Crippen LogP contribution in [0.5, 0.6) is 0 Å². The maximum absolute atomic E-state index is 13.5. The van der Waals surface area contributed by atoms with E-state index in [1.165, 1.54) is 0 Å². The molecular weight excluding hydrogens is 389 g/mol. The van der Waals surface area contributed by atoms with E-state index in [1.54, 1.807) is 6.07 Å². The molecule has 158 valence electrons. The first-order chi connectivity index (χ1) is 14.2. The van der Waals surface area contributed by atoms with Crippen LogP contribution in [-0.4, -0.2) is 9.97 Å². The molecule has 7 heteroatoms. The highest BCUT2D eigenvalue weighted by atomic mass is 19.4. The fourth-order valence-electron chi connectivity index (χ4n) is 3.08. The van der Waals surface area contributed by atoms with Crippen LogP contribution in [0.25, 0.3) is 0 Å². The Morgan fingerprint density at radius 1 is 0.933 bits per heavy atom. The topological polar surface area (TPSA) is 49.8 Å². The molecule has 0 amide bonds. The van der Waals surface area contributed by atoms with E-state index < -0.39 is 11.7 Å². The molecule has 0 aliphatic heterocycles. The largest absolute Gasteiger partial charge is 0.421 e. The van der Waals surface area contributed by atoms with E-state index in [4.69, 9.17) is 0 Å². The summed E-state index contributed by atoms with van der Waals surface area (Å²) in [6, 6.07) is 15.0. The Kier molecular flexibility index (Phi) is 6.59. The third-order valence-corrected chi connectivity index (χ3v) is 4.55. The molecule has 1 heterocycles. The Labute approximate surface area is 174 Å². The first-order valence-electron chi connectivity index (χ1n) is 9.90. The highest BCUT2D eigenvalue weighted by molar-refractivity contribution is 5.63. The molecule has 0 saturated carbocycles.